The zero-order chi connectivity index (χ0) is 16.6. The highest BCUT2D eigenvalue weighted by Crippen LogP contribution is 2.25. The summed E-state index contributed by atoms with van der Waals surface area (Å²) in [6.45, 7) is 0. The van der Waals surface area contributed by atoms with Crippen LogP contribution in [0.5, 0.6) is 0 Å². The summed E-state index contributed by atoms with van der Waals surface area (Å²) in [5.41, 5.74) is 6.88. The van der Waals surface area contributed by atoms with Gasteiger partial charge in [-0.05, 0) is 17.7 Å². The van der Waals surface area contributed by atoms with Crippen LogP contribution in [0.15, 0.2) is 53.9 Å². The number of hydrogen-bond donors (Lipinski definition) is 3. The fourth-order valence-electron chi connectivity index (χ4n) is 2.79. The van der Waals surface area contributed by atoms with E-state index in [0.29, 0.717) is 0 Å². The van der Waals surface area contributed by atoms with Crippen molar-refractivity contribution in [3.63, 3.8) is 0 Å². The number of carbonyl (C=O) groups is 3. The molecule has 0 radical (unpaired) electrons. The van der Waals surface area contributed by atoms with Crippen LogP contribution in [0, 0.1) is 5.92 Å². The molecule has 1 aliphatic rings. The van der Waals surface area contributed by atoms with Gasteiger partial charge in [-0.2, -0.15) is 0 Å². The predicted molar refractivity (Wildman–Crippen MR) is 83.5 cm³/mol. The number of fused-ring (bicyclic) bond motifs is 1. The molecule has 1 heterocycles. The molecule has 1 aromatic heterocycles. The molecule has 0 saturated carbocycles. The van der Waals surface area contributed by atoms with Gasteiger partial charge in [0, 0.05) is 35.3 Å². The van der Waals surface area contributed by atoms with Crippen molar-refractivity contribution in [1.29, 1.82) is 0 Å². The average Bonchev–Trinajstić information content (AvgIpc) is 2.89. The van der Waals surface area contributed by atoms with E-state index in [9.17, 15) is 19.5 Å². The summed E-state index contributed by atoms with van der Waals surface area (Å²) in [6.07, 6.45) is 3.94. The summed E-state index contributed by atoms with van der Waals surface area (Å²) in [5.74, 6) is -3.68. The molecule has 0 aliphatic heterocycles. The summed E-state index contributed by atoms with van der Waals surface area (Å²) >= 11 is 0. The standard InChI is InChI=1S/C17H14N2O4/c18-10-6-12(17(22)23)16(15(21)7-10)14(20)5-9-8-19-13-4-2-1-3-11(9)13/h1-4,6-8,16,19H,5,18H2,(H,22,23). The number of para-hydroxylation sites is 1. The number of carboxylic acids is 1. The van der Waals surface area contributed by atoms with E-state index >= 15 is 0 Å². The first-order valence-corrected chi connectivity index (χ1v) is 7.01. The normalized spacial score (nSPS) is 17.7. The van der Waals surface area contributed by atoms with E-state index in [4.69, 9.17) is 5.73 Å². The Hall–Kier alpha value is -3.15. The average molecular weight is 310 g/mol. The highest BCUT2D eigenvalue weighted by molar-refractivity contribution is 6.17. The van der Waals surface area contributed by atoms with E-state index in [1.807, 2.05) is 24.3 Å². The fourth-order valence-corrected chi connectivity index (χ4v) is 2.79. The van der Waals surface area contributed by atoms with E-state index in [-0.39, 0.29) is 17.7 Å². The second kappa shape index (κ2) is 5.57. The molecule has 0 fully saturated rings. The Kier molecular flexibility index (Phi) is 3.57. The van der Waals surface area contributed by atoms with Gasteiger partial charge in [0.1, 0.15) is 5.92 Å². The minimum Gasteiger partial charge on any atom is -0.478 e. The van der Waals surface area contributed by atoms with Crippen molar-refractivity contribution >= 4 is 28.4 Å². The summed E-state index contributed by atoms with van der Waals surface area (Å²) < 4.78 is 0. The molecule has 0 spiro atoms. The number of nitrogens with one attached hydrogen (secondary N) is 1. The third-order valence-corrected chi connectivity index (χ3v) is 3.84. The maximum absolute atomic E-state index is 12.5. The van der Waals surface area contributed by atoms with Crippen LogP contribution in [0.2, 0.25) is 0 Å². The summed E-state index contributed by atoms with van der Waals surface area (Å²) in [7, 11) is 0. The molecule has 1 atom stereocenters. The molecule has 1 unspecified atom stereocenters. The van der Waals surface area contributed by atoms with Crippen molar-refractivity contribution in [3.8, 4) is 0 Å². The van der Waals surface area contributed by atoms with Gasteiger partial charge >= 0.3 is 5.97 Å². The Morgan fingerprint density at radius 2 is 1.96 bits per heavy atom. The van der Waals surface area contributed by atoms with Crippen LogP contribution < -0.4 is 5.73 Å². The van der Waals surface area contributed by atoms with Gasteiger partial charge in [-0.1, -0.05) is 18.2 Å². The third kappa shape index (κ3) is 2.66. The lowest BCUT2D eigenvalue weighted by Gasteiger charge is -2.17. The molecular weight excluding hydrogens is 296 g/mol. The Balaban J connectivity index is 1.92. The third-order valence-electron chi connectivity index (χ3n) is 3.84. The van der Waals surface area contributed by atoms with E-state index < -0.39 is 23.5 Å². The van der Waals surface area contributed by atoms with Crippen LogP contribution in [-0.4, -0.2) is 27.6 Å². The van der Waals surface area contributed by atoms with Crippen LogP contribution >= 0.6 is 0 Å². The molecule has 23 heavy (non-hydrogen) atoms. The Bertz CT molecular complexity index is 889. The van der Waals surface area contributed by atoms with Crippen molar-refractivity contribution in [3.05, 3.63) is 59.4 Å². The molecular formula is C17H14N2O4. The van der Waals surface area contributed by atoms with Crippen molar-refractivity contribution in [2.45, 2.75) is 6.42 Å². The van der Waals surface area contributed by atoms with Crippen molar-refractivity contribution in [2.75, 3.05) is 0 Å². The maximum atomic E-state index is 12.5. The number of hydrogen-bond acceptors (Lipinski definition) is 4. The minimum atomic E-state index is -1.31. The van der Waals surface area contributed by atoms with Gasteiger partial charge in [-0.25, -0.2) is 4.79 Å². The number of H-pyrrole nitrogens is 1. The quantitative estimate of drug-likeness (QED) is 0.737. The number of benzene rings is 1. The van der Waals surface area contributed by atoms with Gasteiger partial charge < -0.3 is 15.8 Å². The highest BCUT2D eigenvalue weighted by Gasteiger charge is 2.35. The minimum absolute atomic E-state index is 0.0290. The zero-order valence-electron chi connectivity index (χ0n) is 12.1. The molecule has 6 heteroatoms. The molecule has 2 aromatic rings. The molecule has 116 valence electrons. The van der Waals surface area contributed by atoms with E-state index in [1.54, 1.807) is 6.20 Å². The molecule has 0 amide bonds. The van der Waals surface area contributed by atoms with Crippen molar-refractivity contribution in [2.24, 2.45) is 11.7 Å². The number of rotatable bonds is 4. The molecule has 6 nitrogen and oxygen atoms in total. The molecule has 3 rings (SSSR count). The number of aromatic nitrogens is 1. The Morgan fingerprint density at radius 1 is 1.22 bits per heavy atom. The highest BCUT2D eigenvalue weighted by atomic mass is 16.4. The number of aliphatic carboxylic acids is 1. The number of carboxylic acid groups (broad SMARTS) is 1. The van der Waals surface area contributed by atoms with Gasteiger partial charge in [-0.15, -0.1) is 0 Å². The SMILES string of the molecule is NC1=CC(=O)C(C(=O)Cc2c[nH]c3ccccc23)C(C(=O)O)=C1. The summed E-state index contributed by atoms with van der Waals surface area (Å²) in [4.78, 5) is 39.0. The van der Waals surface area contributed by atoms with Crippen molar-refractivity contribution in [1.82, 2.24) is 4.98 Å². The second-order valence-electron chi connectivity index (χ2n) is 5.39. The predicted octanol–water partition coefficient (Wildman–Crippen LogP) is 1.33. The van der Waals surface area contributed by atoms with E-state index in [1.165, 1.54) is 6.08 Å². The number of Topliss-reactive ketones (excluding diaryl/α,β-unsaturated/α-hetero) is 1. The smallest absolute Gasteiger partial charge is 0.332 e. The van der Waals surface area contributed by atoms with Gasteiger partial charge in [0.15, 0.2) is 11.6 Å². The van der Waals surface area contributed by atoms with Gasteiger partial charge in [0.25, 0.3) is 0 Å². The molecule has 0 saturated heterocycles. The van der Waals surface area contributed by atoms with Crippen LogP contribution in [-0.2, 0) is 20.8 Å². The monoisotopic (exact) mass is 310 g/mol. The van der Waals surface area contributed by atoms with Crippen LogP contribution in [0.1, 0.15) is 5.56 Å². The van der Waals surface area contributed by atoms with E-state index in [0.717, 1.165) is 22.5 Å². The maximum Gasteiger partial charge on any atom is 0.332 e. The number of aromatic amines is 1. The number of nitrogens with two attached hydrogens (primary N) is 1. The van der Waals surface area contributed by atoms with Crippen LogP contribution in [0.25, 0.3) is 10.9 Å². The van der Waals surface area contributed by atoms with Crippen molar-refractivity contribution < 1.29 is 19.5 Å². The van der Waals surface area contributed by atoms with Gasteiger partial charge in [-0.3, -0.25) is 9.59 Å². The lowest BCUT2D eigenvalue weighted by atomic mass is 9.83. The van der Waals surface area contributed by atoms with Crippen LogP contribution in [0.3, 0.4) is 0 Å². The fraction of sp³-hybridized carbons (Fsp3) is 0.118. The van der Waals surface area contributed by atoms with Gasteiger partial charge in [0.2, 0.25) is 0 Å². The topological polar surface area (TPSA) is 113 Å². The summed E-state index contributed by atoms with van der Waals surface area (Å²) in [5, 5.41) is 10.1. The summed E-state index contributed by atoms with van der Waals surface area (Å²) in [6, 6.07) is 7.46. The molecule has 1 aliphatic carbocycles. The lowest BCUT2D eigenvalue weighted by Crippen LogP contribution is -2.32. The second-order valence-corrected chi connectivity index (χ2v) is 5.39. The van der Waals surface area contributed by atoms with Gasteiger partial charge in [0.05, 0.1) is 5.57 Å². The zero-order valence-corrected chi connectivity index (χ0v) is 12.1. The molecule has 1 aromatic carbocycles. The first-order valence-electron chi connectivity index (χ1n) is 7.01. The molecule has 0 bridgehead atoms. The lowest BCUT2D eigenvalue weighted by molar-refractivity contribution is -0.137. The molecule has 4 N–H and O–H groups in total. The Morgan fingerprint density at radius 3 is 2.70 bits per heavy atom. The first-order chi connectivity index (χ1) is 11.0. The first kappa shape index (κ1) is 14.8. The number of carbonyl (C=O) groups excluding carboxylic acids is 2. The number of ketones is 2. The largest absolute Gasteiger partial charge is 0.478 e. The number of allylic oxidation sites excluding steroid dienone is 2. The Labute approximate surface area is 131 Å². The van der Waals surface area contributed by atoms with Crippen LogP contribution in [0.4, 0.5) is 0 Å². The van der Waals surface area contributed by atoms with E-state index in [2.05, 4.69) is 4.98 Å².